The molecule has 4 aromatic rings. The number of halogens is 3. The summed E-state index contributed by atoms with van der Waals surface area (Å²) in [6.45, 7) is 2.15. The first-order valence-corrected chi connectivity index (χ1v) is 11.2. The quantitative estimate of drug-likeness (QED) is 0.453. The van der Waals surface area contributed by atoms with Crippen molar-refractivity contribution in [3.05, 3.63) is 70.4 Å². The Morgan fingerprint density at radius 2 is 1.62 bits per heavy atom. The van der Waals surface area contributed by atoms with E-state index in [9.17, 15) is 18.0 Å². The highest BCUT2D eigenvalue weighted by molar-refractivity contribution is 5.76. The molecule has 1 saturated heterocycles. The largest absolute Gasteiger partial charge is 0.416 e. The summed E-state index contributed by atoms with van der Waals surface area (Å²) < 4.78 is 43.7. The van der Waals surface area contributed by atoms with E-state index in [4.69, 9.17) is 0 Å². The number of aryl methyl sites for hydroxylation is 2. The molecule has 0 radical (unpaired) electrons. The number of alkyl halides is 3. The Labute approximate surface area is 194 Å². The number of imidazole rings is 1. The molecule has 1 fully saturated rings. The van der Waals surface area contributed by atoms with E-state index < -0.39 is 11.7 Å². The Bertz CT molecular complexity index is 1370. The zero-order chi connectivity index (χ0) is 24.0. The van der Waals surface area contributed by atoms with Crippen molar-refractivity contribution in [3.63, 3.8) is 0 Å². The second-order valence-corrected chi connectivity index (χ2v) is 8.76. The first kappa shape index (κ1) is 22.4. The van der Waals surface area contributed by atoms with Gasteiger partial charge < -0.3 is 0 Å². The maximum Gasteiger partial charge on any atom is 0.416 e. The van der Waals surface area contributed by atoms with Crippen molar-refractivity contribution in [2.24, 2.45) is 14.1 Å². The number of hydrogen-bond donors (Lipinski definition) is 0. The Hall–Kier alpha value is -3.40. The lowest BCUT2D eigenvalue weighted by atomic mass is 10.0. The van der Waals surface area contributed by atoms with Crippen molar-refractivity contribution < 1.29 is 13.2 Å². The first-order valence-electron chi connectivity index (χ1n) is 11.2. The monoisotopic (exact) mass is 470 g/mol. The number of piperidine rings is 1. The summed E-state index contributed by atoms with van der Waals surface area (Å²) in [4.78, 5) is 19.7. The van der Waals surface area contributed by atoms with Gasteiger partial charge in [0.15, 0.2) is 11.6 Å². The van der Waals surface area contributed by atoms with E-state index in [2.05, 4.69) is 15.0 Å². The van der Waals surface area contributed by atoms with Crippen molar-refractivity contribution in [2.45, 2.75) is 31.6 Å². The van der Waals surface area contributed by atoms with Crippen LogP contribution in [0.4, 0.5) is 13.2 Å². The highest BCUT2D eigenvalue weighted by atomic mass is 19.4. The van der Waals surface area contributed by atoms with E-state index in [1.165, 1.54) is 12.1 Å². The van der Waals surface area contributed by atoms with Crippen LogP contribution in [0.2, 0.25) is 0 Å². The van der Waals surface area contributed by atoms with Crippen molar-refractivity contribution in [1.82, 2.24) is 28.8 Å². The average Bonchev–Trinajstić information content (AvgIpc) is 3.31. The van der Waals surface area contributed by atoms with Crippen LogP contribution < -0.4 is 5.69 Å². The van der Waals surface area contributed by atoms with Gasteiger partial charge in [-0.15, -0.1) is 0 Å². The van der Waals surface area contributed by atoms with Gasteiger partial charge in [0.05, 0.1) is 23.1 Å². The molecule has 3 heterocycles. The number of rotatable bonds is 4. The molecule has 7 nitrogen and oxygen atoms in total. The van der Waals surface area contributed by atoms with Crippen LogP contribution in [0.15, 0.2) is 53.3 Å². The van der Waals surface area contributed by atoms with Crippen molar-refractivity contribution in [2.75, 3.05) is 13.1 Å². The van der Waals surface area contributed by atoms with Crippen LogP contribution in [0.1, 0.15) is 30.3 Å². The van der Waals surface area contributed by atoms with Gasteiger partial charge in [0.1, 0.15) is 0 Å². The predicted molar refractivity (Wildman–Crippen MR) is 122 cm³/mol. The summed E-state index contributed by atoms with van der Waals surface area (Å²) in [5.41, 5.74) is 1.80. The minimum atomic E-state index is -4.37. The van der Waals surface area contributed by atoms with Crippen LogP contribution in [0, 0.1) is 0 Å². The number of nitrogens with zero attached hydrogens (tertiary/aromatic N) is 6. The third-order valence-corrected chi connectivity index (χ3v) is 6.56. The molecule has 34 heavy (non-hydrogen) atoms. The molecule has 0 saturated carbocycles. The van der Waals surface area contributed by atoms with Gasteiger partial charge in [0.2, 0.25) is 0 Å². The van der Waals surface area contributed by atoms with Gasteiger partial charge in [-0.05, 0) is 37.1 Å². The lowest BCUT2D eigenvalue weighted by Crippen LogP contribution is -2.37. The fraction of sp³-hybridized carbons (Fsp3) is 0.375. The lowest BCUT2D eigenvalue weighted by Gasteiger charge is -2.31. The molecule has 2 aromatic carbocycles. The van der Waals surface area contributed by atoms with Crippen LogP contribution in [0.25, 0.3) is 22.4 Å². The van der Waals surface area contributed by atoms with E-state index in [0.717, 1.165) is 49.1 Å². The summed E-state index contributed by atoms with van der Waals surface area (Å²) >= 11 is 0. The summed E-state index contributed by atoms with van der Waals surface area (Å²) in [7, 11) is 3.54. The van der Waals surface area contributed by atoms with E-state index in [0.29, 0.717) is 23.8 Å². The summed E-state index contributed by atoms with van der Waals surface area (Å²) in [5, 5.41) is 4.47. The van der Waals surface area contributed by atoms with Crippen LogP contribution >= 0.6 is 0 Å². The zero-order valence-corrected chi connectivity index (χ0v) is 19.0. The molecule has 178 valence electrons. The fourth-order valence-electron chi connectivity index (χ4n) is 4.77. The van der Waals surface area contributed by atoms with Gasteiger partial charge in [0.25, 0.3) is 0 Å². The topological polar surface area (TPSA) is 60.9 Å². The molecule has 0 spiro atoms. The number of fused-ring (bicyclic) bond motifs is 1. The fourth-order valence-corrected chi connectivity index (χ4v) is 4.77. The number of hydrogen-bond acceptors (Lipinski definition) is 4. The van der Waals surface area contributed by atoms with Gasteiger partial charge in [-0.1, -0.05) is 24.3 Å². The van der Waals surface area contributed by atoms with Crippen molar-refractivity contribution in [1.29, 1.82) is 0 Å². The maximum absolute atomic E-state index is 12.8. The Morgan fingerprint density at radius 3 is 2.26 bits per heavy atom. The van der Waals surface area contributed by atoms with Gasteiger partial charge in [0, 0.05) is 38.8 Å². The minimum Gasteiger partial charge on any atom is -0.296 e. The van der Waals surface area contributed by atoms with E-state index in [-0.39, 0.29) is 11.7 Å². The molecule has 1 aliphatic heterocycles. The normalized spacial score (nSPS) is 15.9. The molecule has 0 aliphatic carbocycles. The summed E-state index contributed by atoms with van der Waals surface area (Å²) in [6.07, 6.45) is -2.69. The Kier molecular flexibility index (Phi) is 5.55. The molecule has 2 aromatic heterocycles. The number of likely N-dealkylation sites (tertiary alicyclic amines) is 1. The second-order valence-electron chi connectivity index (χ2n) is 8.76. The molecule has 0 bridgehead atoms. The molecule has 0 amide bonds. The van der Waals surface area contributed by atoms with Crippen LogP contribution in [0.5, 0.6) is 0 Å². The highest BCUT2D eigenvalue weighted by Crippen LogP contribution is 2.31. The first-order chi connectivity index (χ1) is 16.2. The molecule has 0 N–H and O–H groups in total. The Morgan fingerprint density at radius 1 is 0.971 bits per heavy atom. The third kappa shape index (κ3) is 4.02. The standard InChI is InChI=1S/C24H25F3N6O/c1-30-19-5-3-4-6-20(19)33(23(30)34)18-11-13-32(14-12-18)15-21-28-22(31(2)29-21)16-7-9-17(10-8-16)24(25,26)27/h3-10,18H,11-15H2,1-2H3. The maximum atomic E-state index is 12.8. The third-order valence-electron chi connectivity index (χ3n) is 6.56. The van der Waals surface area contributed by atoms with Gasteiger partial charge in [-0.25, -0.2) is 14.5 Å². The van der Waals surface area contributed by atoms with Gasteiger partial charge >= 0.3 is 11.9 Å². The van der Waals surface area contributed by atoms with Gasteiger partial charge in [-0.2, -0.15) is 18.3 Å². The lowest BCUT2D eigenvalue weighted by molar-refractivity contribution is -0.137. The molecule has 5 rings (SSSR count). The highest BCUT2D eigenvalue weighted by Gasteiger charge is 2.30. The molecular formula is C24H25F3N6O. The molecular weight excluding hydrogens is 445 g/mol. The predicted octanol–water partition coefficient (Wildman–Crippen LogP) is 3.99. The molecule has 0 atom stereocenters. The second kappa shape index (κ2) is 8.43. The Balaban J connectivity index is 1.27. The smallest absolute Gasteiger partial charge is 0.296 e. The molecule has 10 heteroatoms. The summed E-state index contributed by atoms with van der Waals surface area (Å²) in [6, 6.07) is 12.9. The summed E-state index contributed by atoms with van der Waals surface area (Å²) in [5.74, 6) is 1.15. The zero-order valence-electron chi connectivity index (χ0n) is 19.0. The molecule has 1 aliphatic rings. The molecule has 0 unspecified atom stereocenters. The van der Waals surface area contributed by atoms with Gasteiger partial charge in [-0.3, -0.25) is 14.0 Å². The SMILES string of the molecule is Cn1nc(CN2CCC(n3c(=O)n(C)c4ccccc43)CC2)nc1-c1ccc(C(F)(F)F)cc1. The number of para-hydroxylation sites is 2. The minimum absolute atomic E-state index is 0.00669. The number of aromatic nitrogens is 5. The van der Waals surface area contributed by atoms with Crippen LogP contribution in [0.3, 0.4) is 0 Å². The van der Waals surface area contributed by atoms with E-state index >= 15 is 0 Å². The average molecular weight is 470 g/mol. The van der Waals surface area contributed by atoms with Crippen molar-refractivity contribution >= 4 is 11.0 Å². The number of benzene rings is 2. The van der Waals surface area contributed by atoms with E-state index in [1.54, 1.807) is 23.3 Å². The van der Waals surface area contributed by atoms with Crippen LogP contribution in [-0.4, -0.2) is 41.9 Å². The van der Waals surface area contributed by atoms with Crippen molar-refractivity contribution in [3.8, 4) is 11.4 Å². The van der Waals surface area contributed by atoms with Crippen LogP contribution in [-0.2, 0) is 26.8 Å². The van der Waals surface area contributed by atoms with E-state index in [1.807, 2.05) is 28.8 Å².